The van der Waals surface area contributed by atoms with Crippen LogP contribution in [0.15, 0.2) is 18.2 Å². The van der Waals surface area contributed by atoms with Gasteiger partial charge in [0.1, 0.15) is 23.5 Å². The van der Waals surface area contributed by atoms with Crippen LogP contribution in [0.5, 0.6) is 0 Å². The molecule has 1 heterocycles. The van der Waals surface area contributed by atoms with E-state index in [2.05, 4.69) is 11.1 Å². The predicted octanol–water partition coefficient (Wildman–Crippen LogP) is 1.50. The Morgan fingerprint density at radius 1 is 1.53 bits per heavy atom. The lowest BCUT2D eigenvalue weighted by atomic mass is 10.2. The summed E-state index contributed by atoms with van der Waals surface area (Å²) in [4.78, 5) is 4.27. The van der Waals surface area contributed by atoms with E-state index in [4.69, 9.17) is 5.26 Å². The molecule has 1 aromatic heterocycles. The fourth-order valence-corrected chi connectivity index (χ4v) is 1.70. The van der Waals surface area contributed by atoms with E-state index < -0.39 is 6.10 Å². The van der Waals surface area contributed by atoms with Gasteiger partial charge in [0.15, 0.2) is 0 Å². The largest absolute Gasteiger partial charge is 0.385 e. The van der Waals surface area contributed by atoms with E-state index in [9.17, 15) is 5.11 Å². The number of hydrogen-bond donors (Lipinski definition) is 1. The smallest absolute Gasteiger partial charge is 0.138 e. The van der Waals surface area contributed by atoms with Gasteiger partial charge in [-0.05, 0) is 19.1 Å². The maximum atomic E-state index is 9.50. The Kier molecular flexibility index (Phi) is 2.18. The molecule has 2 aromatic rings. The molecule has 0 aliphatic rings. The van der Waals surface area contributed by atoms with Gasteiger partial charge in [-0.1, -0.05) is 6.07 Å². The third-order valence-corrected chi connectivity index (χ3v) is 2.44. The maximum absolute atomic E-state index is 9.50. The van der Waals surface area contributed by atoms with E-state index in [1.54, 1.807) is 17.6 Å². The summed E-state index contributed by atoms with van der Waals surface area (Å²) in [6.45, 7) is 1.66. The van der Waals surface area contributed by atoms with Crippen LogP contribution in [0.1, 0.15) is 24.4 Å². The van der Waals surface area contributed by atoms with Crippen molar-refractivity contribution in [1.29, 1.82) is 5.26 Å². The molecule has 0 fully saturated rings. The molecule has 0 radical (unpaired) electrons. The van der Waals surface area contributed by atoms with Crippen molar-refractivity contribution in [1.82, 2.24) is 9.55 Å². The number of aliphatic hydroxyl groups is 1. The van der Waals surface area contributed by atoms with Crippen LogP contribution < -0.4 is 0 Å². The number of aryl methyl sites for hydroxylation is 1. The standard InChI is InChI=1S/C11H11N3O/c1-7(15)11-13-10-8(6-12)4-3-5-9(10)14(11)2/h3-5,7,15H,1-2H3/t7-/m0/s1. The topological polar surface area (TPSA) is 61.8 Å². The molecular weight excluding hydrogens is 190 g/mol. The van der Waals surface area contributed by atoms with Crippen molar-refractivity contribution in [3.63, 3.8) is 0 Å². The molecule has 0 saturated heterocycles. The highest BCUT2D eigenvalue weighted by Crippen LogP contribution is 2.21. The number of imidazole rings is 1. The molecule has 1 aromatic carbocycles. The average Bonchev–Trinajstić information content (AvgIpc) is 2.56. The first-order valence-electron chi connectivity index (χ1n) is 4.68. The third-order valence-electron chi connectivity index (χ3n) is 2.44. The Balaban J connectivity index is 2.82. The van der Waals surface area contributed by atoms with Gasteiger partial charge in [0.25, 0.3) is 0 Å². The minimum atomic E-state index is -0.631. The summed E-state index contributed by atoms with van der Waals surface area (Å²) in [5.74, 6) is 0.577. The van der Waals surface area contributed by atoms with Crippen LogP contribution in [-0.2, 0) is 7.05 Å². The molecule has 0 saturated carbocycles. The van der Waals surface area contributed by atoms with Gasteiger partial charge in [0.2, 0.25) is 0 Å². The average molecular weight is 201 g/mol. The molecule has 1 N–H and O–H groups in total. The first-order valence-corrected chi connectivity index (χ1v) is 4.68. The summed E-state index contributed by atoms with van der Waals surface area (Å²) in [6.07, 6.45) is -0.631. The molecule has 0 unspecified atom stereocenters. The van der Waals surface area contributed by atoms with E-state index >= 15 is 0 Å². The van der Waals surface area contributed by atoms with Crippen LogP contribution in [0.3, 0.4) is 0 Å². The molecule has 0 aliphatic carbocycles. The van der Waals surface area contributed by atoms with Crippen LogP contribution in [0, 0.1) is 11.3 Å². The molecule has 4 heteroatoms. The summed E-state index contributed by atoms with van der Waals surface area (Å²) >= 11 is 0. The summed E-state index contributed by atoms with van der Waals surface area (Å²) in [6, 6.07) is 7.51. The normalized spacial score (nSPS) is 12.7. The van der Waals surface area contributed by atoms with Crippen molar-refractivity contribution < 1.29 is 5.11 Å². The quantitative estimate of drug-likeness (QED) is 0.760. The van der Waals surface area contributed by atoms with Crippen molar-refractivity contribution in [2.75, 3.05) is 0 Å². The third kappa shape index (κ3) is 1.37. The summed E-state index contributed by atoms with van der Waals surface area (Å²) in [5, 5.41) is 18.4. The molecule has 4 nitrogen and oxygen atoms in total. The zero-order chi connectivity index (χ0) is 11.0. The monoisotopic (exact) mass is 201 g/mol. The highest BCUT2D eigenvalue weighted by Gasteiger charge is 2.13. The summed E-state index contributed by atoms with van der Waals surface area (Å²) < 4.78 is 1.81. The molecule has 15 heavy (non-hydrogen) atoms. The van der Waals surface area contributed by atoms with Crippen LogP contribution >= 0.6 is 0 Å². The lowest BCUT2D eigenvalue weighted by Crippen LogP contribution is -2.01. The number of para-hydroxylation sites is 1. The van der Waals surface area contributed by atoms with Crippen molar-refractivity contribution in [3.8, 4) is 6.07 Å². The van der Waals surface area contributed by atoms with E-state index in [0.29, 0.717) is 16.9 Å². The van der Waals surface area contributed by atoms with Gasteiger partial charge in [-0.25, -0.2) is 4.98 Å². The number of aliphatic hydroxyl groups excluding tert-OH is 1. The van der Waals surface area contributed by atoms with E-state index in [1.807, 2.05) is 19.2 Å². The van der Waals surface area contributed by atoms with Crippen LogP contribution in [0.25, 0.3) is 11.0 Å². The maximum Gasteiger partial charge on any atom is 0.138 e. The Morgan fingerprint density at radius 3 is 2.87 bits per heavy atom. The number of benzene rings is 1. The fraction of sp³-hybridized carbons (Fsp3) is 0.273. The Hall–Kier alpha value is -1.86. The number of rotatable bonds is 1. The van der Waals surface area contributed by atoms with E-state index in [1.165, 1.54) is 0 Å². The lowest BCUT2D eigenvalue weighted by molar-refractivity contribution is 0.186. The van der Waals surface area contributed by atoms with Crippen LogP contribution in [-0.4, -0.2) is 14.7 Å². The minimum absolute atomic E-state index is 0.537. The van der Waals surface area contributed by atoms with E-state index in [0.717, 1.165) is 5.52 Å². The first kappa shape index (κ1) is 9.69. The van der Waals surface area contributed by atoms with Crippen molar-refractivity contribution >= 4 is 11.0 Å². The second kappa shape index (κ2) is 3.37. The highest BCUT2D eigenvalue weighted by molar-refractivity contribution is 5.82. The second-order valence-corrected chi connectivity index (χ2v) is 3.49. The first-order chi connectivity index (χ1) is 7.15. The van der Waals surface area contributed by atoms with Gasteiger partial charge in [0.05, 0.1) is 11.1 Å². The van der Waals surface area contributed by atoms with Crippen molar-refractivity contribution in [3.05, 3.63) is 29.6 Å². The van der Waals surface area contributed by atoms with Gasteiger partial charge in [-0.2, -0.15) is 5.26 Å². The van der Waals surface area contributed by atoms with Gasteiger partial charge in [-0.3, -0.25) is 0 Å². The molecule has 76 valence electrons. The Bertz CT molecular complexity index is 549. The molecule has 0 amide bonds. The molecule has 0 aliphatic heterocycles. The molecular formula is C11H11N3O. The number of hydrogen-bond acceptors (Lipinski definition) is 3. The predicted molar refractivity (Wildman–Crippen MR) is 56.1 cm³/mol. The lowest BCUT2D eigenvalue weighted by Gasteiger charge is -2.03. The molecule has 0 spiro atoms. The summed E-state index contributed by atoms with van der Waals surface area (Å²) in [7, 11) is 1.83. The van der Waals surface area contributed by atoms with Gasteiger partial charge < -0.3 is 9.67 Å². The number of nitriles is 1. The number of nitrogens with zero attached hydrogens (tertiary/aromatic N) is 3. The second-order valence-electron chi connectivity index (χ2n) is 3.49. The Morgan fingerprint density at radius 2 is 2.27 bits per heavy atom. The number of aromatic nitrogens is 2. The minimum Gasteiger partial charge on any atom is -0.385 e. The zero-order valence-electron chi connectivity index (χ0n) is 8.60. The fourth-order valence-electron chi connectivity index (χ4n) is 1.70. The number of fused-ring (bicyclic) bond motifs is 1. The van der Waals surface area contributed by atoms with Crippen LogP contribution in [0.2, 0.25) is 0 Å². The highest BCUT2D eigenvalue weighted by atomic mass is 16.3. The molecule has 0 bridgehead atoms. The van der Waals surface area contributed by atoms with Gasteiger partial charge in [-0.15, -0.1) is 0 Å². The molecule has 1 atom stereocenters. The Labute approximate surface area is 87.4 Å². The van der Waals surface area contributed by atoms with Crippen LogP contribution in [0.4, 0.5) is 0 Å². The SMILES string of the molecule is C[C@H](O)c1nc2c(C#N)cccc2n1C. The zero-order valence-corrected chi connectivity index (χ0v) is 8.60. The van der Waals surface area contributed by atoms with Gasteiger partial charge >= 0.3 is 0 Å². The molecule has 2 rings (SSSR count). The van der Waals surface area contributed by atoms with Crippen molar-refractivity contribution in [2.45, 2.75) is 13.0 Å². The van der Waals surface area contributed by atoms with E-state index in [-0.39, 0.29) is 0 Å². The summed E-state index contributed by atoms with van der Waals surface area (Å²) in [5.41, 5.74) is 2.05. The van der Waals surface area contributed by atoms with Crippen molar-refractivity contribution in [2.24, 2.45) is 7.05 Å². The van der Waals surface area contributed by atoms with Gasteiger partial charge in [0, 0.05) is 7.05 Å².